The topological polar surface area (TPSA) is 46.1 Å². The van der Waals surface area contributed by atoms with E-state index in [9.17, 15) is 4.79 Å². The Hall–Kier alpha value is -1.88. The standard InChI is InChI=1S/C18H23N3OS/c1-12(2)17-19-13(3)11-15(20-17)23-16(18(22)21(4)5)14-9-7-6-8-10-14/h6-12,16H,1-5H3. The molecule has 0 saturated heterocycles. The summed E-state index contributed by atoms with van der Waals surface area (Å²) in [6, 6.07) is 11.8. The average Bonchev–Trinajstić information content (AvgIpc) is 2.52. The highest BCUT2D eigenvalue weighted by atomic mass is 32.2. The van der Waals surface area contributed by atoms with Crippen molar-refractivity contribution in [1.29, 1.82) is 0 Å². The van der Waals surface area contributed by atoms with E-state index in [4.69, 9.17) is 0 Å². The third-order valence-electron chi connectivity index (χ3n) is 3.37. The molecule has 0 fully saturated rings. The molecule has 0 aliphatic carbocycles. The second-order valence-electron chi connectivity index (χ2n) is 6.00. The molecule has 1 unspecified atom stereocenters. The van der Waals surface area contributed by atoms with Crippen LogP contribution in [-0.2, 0) is 4.79 Å². The fourth-order valence-corrected chi connectivity index (χ4v) is 3.36. The molecule has 0 aliphatic heterocycles. The highest BCUT2D eigenvalue weighted by molar-refractivity contribution is 8.00. The number of hydrogen-bond donors (Lipinski definition) is 0. The van der Waals surface area contributed by atoms with Crippen LogP contribution in [0.4, 0.5) is 0 Å². The van der Waals surface area contributed by atoms with E-state index >= 15 is 0 Å². The fourth-order valence-electron chi connectivity index (χ4n) is 2.12. The Morgan fingerprint density at radius 2 is 1.78 bits per heavy atom. The van der Waals surface area contributed by atoms with Crippen LogP contribution in [0.2, 0.25) is 0 Å². The van der Waals surface area contributed by atoms with E-state index in [1.807, 2.05) is 43.3 Å². The highest BCUT2D eigenvalue weighted by Gasteiger charge is 2.24. The van der Waals surface area contributed by atoms with Crippen molar-refractivity contribution in [2.24, 2.45) is 0 Å². The van der Waals surface area contributed by atoms with Crippen LogP contribution in [0.5, 0.6) is 0 Å². The quantitative estimate of drug-likeness (QED) is 0.618. The van der Waals surface area contributed by atoms with Crippen molar-refractivity contribution in [2.75, 3.05) is 14.1 Å². The molecule has 5 heteroatoms. The maximum Gasteiger partial charge on any atom is 0.240 e. The summed E-state index contributed by atoms with van der Waals surface area (Å²) in [7, 11) is 3.56. The van der Waals surface area contributed by atoms with Gasteiger partial charge < -0.3 is 4.90 Å². The van der Waals surface area contributed by atoms with Crippen molar-refractivity contribution in [3.05, 3.63) is 53.5 Å². The Labute approximate surface area is 142 Å². The minimum atomic E-state index is -0.305. The van der Waals surface area contributed by atoms with Crippen LogP contribution in [0.25, 0.3) is 0 Å². The number of nitrogens with zero attached hydrogens (tertiary/aromatic N) is 3. The van der Waals surface area contributed by atoms with Gasteiger partial charge in [-0.2, -0.15) is 0 Å². The van der Waals surface area contributed by atoms with Gasteiger partial charge in [-0.1, -0.05) is 55.9 Å². The molecule has 4 nitrogen and oxygen atoms in total. The molecule has 23 heavy (non-hydrogen) atoms. The lowest BCUT2D eigenvalue weighted by Gasteiger charge is -2.20. The smallest absolute Gasteiger partial charge is 0.240 e. The van der Waals surface area contributed by atoms with Gasteiger partial charge in [-0.3, -0.25) is 4.79 Å². The number of likely N-dealkylation sites (N-methyl/N-ethyl adjacent to an activating group) is 1. The second kappa shape index (κ2) is 7.59. The first-order chi connectivity index (χ1) is 10.9. The first kappa shape index (κ1) is 17.5. The Morgan fingerprint density at radius 1 is 1.13 bits per heavy atom. The molecule has 1 atom stereocenters. The van der Waals surface area contributed by atoms with Crippen LogP contribution in [0.15, 0.2) is 41.4 Å². The van der Waals surface area contributed by atoms with Crippen molar-refractivity contribution in [2.45, 2.75) is 37.0 Å². The Bertz CT molecular complexity index is 671. The minimum absolute atomic E-state index is 0.0589. The van der Waals surface area contributed by atoms with Gasteiger partial charge in [-0.25, -0.2) is 9.97 Å². The van der Waals surface area contributed by atoms with E-state index < -0.39 is 0 Å². The van der Waals surface area contributed by atoms with Crippen molar-refractivity contribution >= 4 is 17.7 Å². The highest BCUT2D eigenvalue weighted by Crippen LogP contribution is 2.36. The Morgan fingerprint density at radius 3 is 2.35 bits per heavy atom. The molecule has 0 bridgehead atoms. The van der Waals surface area contributed by atoms with Gasteiger partial charge in [-0.05, 0) is 18.6 Å². The van der Waals surface area contributed by atoms with Crippen LogP contribution in [0.1, 0.15) is 42.1 Å². The molecule has 2 aromatic rings. The number of carbonyl (C=O) groups excluding carboxylic acids is 1. The van der Waals surface area contributed by atoms with E-state index in [1.54, 1.807) is 19.0 Å². The summed E-state index contributed by atoms with van der Waals surface area (Å²) in [5, 5.41) is 0.533. The molecule has 122 valence electrons. The molecule has 0 saturated carbocycles. The Kier molecular flexibility index (Phi) is 5.77. The Balaban J connectivity index is 2.37. The lowest BCUT2D eigenvalue weighted by atomic mass is 10.1. The van der Waals surface area contributed by atoms with Gasteiger partial charge in [-0.15, -0.1) is 0 Å². The lowest BCUT2D eigenvalue weighted by Crippen LogP contribution is -2.26. The molecule has 0 aliphatic rings. The molecular weight excluding hydrogens is 306 g/mol. The molecule has 1 amide bonds. The number of amides is 1. The summed E-state index contributed by atoms with van der Waals surface area (Å²) in [6.07, 6.45) is 0. The molecule has 1 heterocycles. The summed E-state index contributed by atoms with van der Waals surface area (Å²) in [6.45, 7) is 6.11. The zero-order chi connectivity index (χ0) is 17.0. The van der Waals surface area contributed by atoms with Crippen LogP contribution < -0.4 is 0 Å². The summed E-state index contributed by atoms with van der Waals surface area (Å²) in [5.74, 6) is 1.13. The second-order valence-corrected chi connectivity index (χ2v) is 7.13. The van der Waals surface area contributed by atoms with E-state index in [2.05, 4.69) is 23.8 Å². The van der Waals surface area contributed by atoms with Gasteiger partial charge in [0.1, 0.15) is 16.1 Å². The minimum Gasteiger partial charge on any atom is -0.348 e. The van der Waals surface area contributed by atoms with Crippen molar-refractivity contribution in [3.63, 3.8) is 0 Å². The third-order valence-corrected chi connectivity index (χ3v) is 4.53. The zero-order valence-electron chi connectivity index (χ0n) is 14.3. The number of carbonyl (C=O) groups is 1. The molecular formula is C18H23N3OS. The van der Waals surface area contributed by atoms with Gasteiger partial charge in [0.25, 0.3) is 0 Å². The molecule has 2 rings (SSSR count). The van der Waals surface area contributed by atoms with Crippen LogP contribution in [0, 0.1) is 6.92 Å². The summed E-state index contributed by atoms with van der Waals surface area (Å²) < 4.78 is 0. The normalized spacial score (nSPS) is 12.3. The zero-order valence-corrected chi connectivity index (χ0v) is 15.1. The van der Waals surface area contributed by atoms with Crippen molar-refractivity contribution < 1.29 is 4.79 Å². The van der Waals surface area contributed by atoms with Gasteiger partial charge in [0.15, 0.2) is 0 Å². The fraction of sp³-hybridized carbons (Fsp3) is 0.389. The van der Waals surface area contributed by atoms with E-state index in [0.717, 1.165) is 22.1 Å². The monoisotopic (exact) mass is 329 g/mol. The van der Waals surface area contributed by atoms with E-state index in [1.165, 1.54) is 11.8 Å². The summed E-state index contributed by atoms with van der Waals surface area (Å²) >= 11 is 1.48. The SMILES string of the molecule is Cc1cc(SC(C(=O)N(C)C)c2ccccc2)nc(C(C)C)n1. The maximum absolute atomic E-state index is 12.6. The van der Waals surface area contributed by atoms with Gasteiger partial charge in [0, 0.05) is 25.7 Å². The summed E-state index contributed by atoms with van der Waals surface area (Å²) in [4.78, 5) is 23.3. The van der Waals surface area contributed by atoms with E-state index in [-0.39, 0.29) is 17.1 Å². The van der Waals surface area contributed by atoms with Gasteiger partial charge >= 0.3 is 0 Å². The van der Waals surface area contributed by atoms with Crippen LogP contribution in [-0.4, -0.2) is 34.9 Å². The third kappa shape index (κ3) is 4.55. The number of aromatic nitrogens is 2. The molecule has 0 radical (unpaired) electrons. The lowest BCUT2D eigenvalue weighted by molar-refractivity contribution is -0.128. The maximum atomic E-state index is 12.6. The molecule has 1 aromatic heterocycles. The van der Waals surface area contributed by atoms with Crippen molar-refractivity contribution in [1.82, 2.24) is 14.9 Å². The summed E-state index contributed by atoms with van der Waals surface area (Å²) in [5.41, 5.74) is 1.91. The number of thioether (sulfide) groups is 1. The number of benzene rings is 1. The number of hydrogen-bond acceptors (Lipinski definition) is 4. The van der Waals surface area contributed by atoms with Crippen molar-refractivity contribution in [3.8, 4) is 0 Å². The number of rotatable bonds is 5. The largest absolute Gasteiger partial charge is 0.348 e. The first-order valence-corrected chi connectivity index (χ1v) is 8.54. The first-order valence-electron chi connectivity index (χ1n) is 7.67. The number of aryl methyl sites for hydroxylation is 1. The van der Waals surface area contributed by atoms with Crippen LogP contribution in [0.3, 0.4) is 0 Å². The van der Waals surface area contributed by atoms with Crippen LogP contribution >= 0.6 is 11.8 Å². The molecule has 0 spiro atoms. The predicted molar refractivity (Wildman–Crippen MR) is 94.6 cm³/mol. The predicted octanol–water partition coefficient (Wildman–Crippen LogP) is 3.83. The average molecular weight is 329 g/mol. The van der Waals surface area contributed by atoms with Gasteiger partial charge in [0.05, 0.1) is 0 Å². The molecule has 0 N–H and O–H groups in total. The van der Waals surface area contributed by atoms with Gasteiger partial charge in [0.2, 0.25) is 5.91 Å². The van der Waals surface area contributed by atoms with E-state index in [0.29, 0.717) is 0 Å². The molecule has 1 aromatic carbocycles.